The number of halogens is 3. The van der Waals surface area contributed by atoms with Crippen LogP contribution in [0.3, 0.4) is 0 Å². The Morgan fingerprint density at radius 3 is 2.40 bits per heavy atom. The van der Waals surface area contributed by atoms with Crippen molar-refractivity contribution in [2.24, 2.45) is 0 Å². The van der Waals surface area contributed by atoms with Gasteiger partial charge < -0.3 is 25.4 Å². The van der Waals surface area contributed by atoms with Gasteiger partial charge in [-0.15, -0.1) is 12.4 Å². The van der Waals surface area contributed by atoms with Crippen LogP contribution in [0.4, 0.5) is 11.5 Å². The topological polar surface area (TPSA) is 124 Å². The van der Waals surface area contributed by atoms with Crippen LogP contribution in [-0.4, -0.2) is 83.5 Å². The smallest absolute Gasteiger partial charge is 0.259 e. The van der Waals surface area contributed by atoms with Crippen LogP contribution < -0.4 is 10.6 Å². The molecule has 2 aliphatic rings. The summed E-state index contributed by atoms with van der Waals surface area (Å²) in [5, 5.41) is 16.3. The molecule has 2 aromatic carbocycles. The molecule has 3 heterocycles. The summed E-state index contributed by atoms with van der Waals surface area (Å²) in [7, 11) is 0. The molecule has 0 bridgehead atoms. The summed E-state index contributed by atoms with van der Waals surface area (Å²) in [6.07, 6.45) is 3.04. The van der Waals surface area contributed by atoms with Crippen molar-refractivity contribution >= 4 is 64.8 Å². The van der Waals surface area contributed by atoms with E-state index in [1.807, 2.05) is 4.90 Å². The molecule has 3 aromatic rings. The highest BCUT2D eigenvalue weighted by Gasteiger charge is 2.30. The third-order valence-corrected chi connectivity index (χ3v) is 7.87. The molecular weight excluding hydrogens is 617 g/mol. The molecule has 0 aliphatic carbocycles. The van der Waals surface area contributed by atoms with E-state index < -0.39 is 11.8 Å². The van der Waals surface area contributed by atoms with Crippen molar-refractivity contribution in [1.29, 1.82) is 0 Å². The Hall–Kier alpha value is -3.41. The molecule has 0 spiro atoms. The maximum Gasteiger partial charge on any atom is 0.259 e. The Bertz CT molecular complexity index is 1450. The molecule has 10 nitrogen and oxygen atoms in total. The largest absolute Gasteiger partial charge is 0.506 e. The van der Waals surface area contributed by atoms with Crippen molar-refractivity contribution in [2.75, 3.05) is 56.6 Å². The number of carbonyl (C=O) groups excluding carboxylic acids is 3. The van der Waals surface area contributed by atoms with Gasteiger partial charge in [-0.25, -0.2) is 4.98 Å². The first kappa shape index (κ1) is 32.5. The number of morpholine rings is 1. The molecule has 3 N–H and O–H groups in total. The Balaban J connectivity index is 0.00000423. The number of aromatic nitrogens is 1. The van der Waals surface area contributed by atoms with E-state index in [9.17, 15) is 19.5 Å². The van der Waals surface area contributed by atoms with Crippen molar-refractivity contribution in [2.45, 2.75) is 18.8 Å². The van der Waals surface area contributed by atoms with Crippen molar-refractivity contribution in [1.82, 2.24) is 14.8 Å². The number of amides is 3. The molecule has 3 amide bonds. The highest BCUT2D eigenvalue weighted by atomic mass is 35.5. The third-order valence-electron chi connectivity index (χ3n) is 7.43. The normalized spacial score (nSPS) is 17.2. The SMILES string of the molecule is Cl.O=C(Nc1c(O)cc(Cl)cc1C(=O)Nc1ccc(Cl)cn1)c1ccc(C2CCCN(CCN3CCOCC3)C2=O)cc1. The number of likely N-dealkylation sites (tertiary alicyclic amines) is 1. The fourth-order valence-corrected chi connectivity index (χ4v) is 5.47. The second kappa shape index (κ2) is 14.9. The standard InChI is InChI=1S/C30H31Cl2N5O5.ClH/c31-21-7-8-26(33-18-21)34-29(40)24-16-22(32)17-25(38)27(24)35-28(39)20-5-3-19(4-6-20)23-2-1-9-37(30(23)41)11-10-36-12-14-42-15-13-36;/h3-8,16-18,23,38H,1-2,9-15H2,(H,35,39)(H,33,34,40);1H. The molecule has 43 heavy (non-hydrogen) atoms. The molecule has 13 heteroatoms. The number of phenolic OH excluding ortho intramolecular Hbond substituents is 1. The summed E-state index contributed by atoms with van der Waals surface area (Å²) in [6.45, 7) is 5.48. The lowest BCUT2D eigenvalue weighted by Crippen LogP contribution is -2.46. The van der Waals surface area contributed by atoms with E-state index in [0.29, 0.717) is 17.1 Å². The second-order valence-corrected chi connectivity index (χ2v) is 11.1. The minimum absolute atomic E-state index is 0. The maximum atomic E-state index is 13.3. The lowest BCUT2D eigenvalue weighted by atomic mass is 9.89. The first-order valence-electron chi connectivity index (χ1n) is 13.7. The van der Waals surface area contributed by atoms with E-state index in [2.05, 4.69) is 20.5 Å². The molecule has 0 saturated carbocycles. The van der Waals surface area contributed by atoms with Crippen LogP contribution in [0.15, 0.2) is 54.7 Å². The number of hydrogen-bond acceptors (Lipinski definition) is 7. The number of benzene rings is 2. The van der Waals surface area contributed by atoms with E-state index >= 15 is 0 Å². The summed E-state index contributed by atoms with van der Waals surface area (Å²) in [4.78, 5) is 47.7. The van der Waals surface area contributed by atoms with Crippen molar-refractivity contribution < 1.29 is 24.2 Å². The second-order valence-electron chi connectivity index (χ2n) is 10.2. The molecule has 2 saturated heterocycles. The Morgan fingerprint density at radius 2 is 1.70 bits per heavy atom. The number of phenols is 1. The monoisotopic (exact) mass is 647 g/mol. The Morgan fingerprint density at radius 1 is 0.953 bits per heavy atom. The molecule has 1 aromatic heterocycles. The van der Waals surface area contributed by atoms with Gasteiger partial charge in [0.15, 0.2) is 0 Å². The number of anilines is 2. The van der Waals surface area contributed by atoms with Crippen LogP contribution >= 0.6 is 35.6 Å². The predicted molar refractivity (Wildman–Crippen MR) is 168 cm³/mol. The number of carbonyl (C=O) groups is 3. The highest BCUT2D eigenvalue weighted by Crippen LogP contribution is 2.33. The van der Waals surface area contributed by atoms with Crippen LogP contribution in [-0.2, 0) is 9.53 Å². The molecule has 2 fully saturated rings. The minimum Gasteiger partial charge on any atom is -0.506 e. The van der Waals surface area contributed by atoms with Gasteiger partial charge in [-0.2, -0.15) is 0 Å². The average Bonchev–Trinajstić information content (AvgIpc) is 2.99. The number of ether oxygens (including phenoxy) is 1. The van der Waals surface area contributed by atoms with Gasteiger partial charge in [-0.3, -0.25) is 19.3 Å². The number of aromatic hydroxyl groups is 1. The van der Waals surface area contributed by atoms with Crippen molar-refractivity contribution in [3.8, 4) is 5.75 Å². The molecule has 228 valence electrons. The molecule has 0 radical (unpaired) electrons. The van der Waals surface area contributed by atoms with Gasteiger partial charge in [0.2, 0.25) is 5.91 Å². The van der Waals surface area contributed by atoms with Crippen LogP contribution in [0.1, 0.15) is 45.0 Å². The number of piperidine rings is 1. The van der Waals surface area contributed by atoms with Gasteiger partial charge in [0.25, 0.3) is 11.8 Å². The third kappa shape index (κ3) is 8.16. The molecular formula is C30H32Cl3N5O5. The van der Waals surface area contributed by atoms with E-state index in [1.165, 1.54) is 24.4 Å². The van der Waals surface area contributed by atoms with Gasteiger partial charge in [0, 0.05) is 55.6 Å². The van der Waals surface area contributed by atoms with E-state index in [0.717, 1.165) is 57.8 Å². The number of hydrogen-bond donors (Lipinski definition) is 3. The van der Waals surface area contributed by atoms with Crippen molar-refractivity contribution in [3.63, 3.8) is 0 Å². The van der Waals surface area contributed by atoms with Crippen LogP contribution in [0.5, 0.6) is 5.75 Å². The predicted octanol–water partition coefficient (Wildman–Crippen LogP) is 5.06. The zero-order valence-corrected chi connectivity index (χ0v) is 25.6. The minimum atomic E-state index is -0.637. The maximum absolute atomic E-state index is 13.3. The fraction of sp³-hybridized carbons (Fsp3) is 0.333. The first-order valence-corrected chi connectivity index (χ1v) is 14.5. The van der Waals surface area contributed by atoms with Gasteiger partial charge in [0.05, 0.1) is 35.4 Å². The fourth-order valence-electron chi connectivity index (χ4n) is 5.15. The summed E-state index contributed by atoms with van der Waals surface area (Å²) < 4.78 is 5.41. The number of nitrogens with zero attached hydrogens (tertiary/aromatic N) is 3. The zero-order valence-electron chi connectivity index (χ0n) is 23.2. The van der Waals surface area contributed by atoms with Crippen molar-refractivity contribution in [3.05, 3.63) is 81.5 Å². The van der Waals surface area contributed by atoms with Crippen LogP contribution in [0.25, 0.3) is 0 Å². The summed E-state index contributed by atoms with van der Waals surface area (Å²) in [6, 6.07) is 12.5. The number of rotatable bonds is 8. The number of pyridine rings is 1. The van der Waals surface area contributed by atoms with Gasteiger partial charge >= 0.3 is 0 Å². The Kier molecular flexibility index (Phi) is 11.2. The molecule has 2 aliphatic heterocycles. The molecule has 1 atom stereocenters. The molecule has 1 unspecified atom stereocenters. The highest BCUT2D eigenvalue weighted by molar-refractivity contribution is 6.32. The van der Waals surface area contributed by atoms with Crippen LogP contribution in [0, 0.1) is 0 Å². The lowest BCUT2D eigenvalue weighted by molar-refractivity contribution is -0.135. The van der Waals surface area contributed by atoms with E-state index in [-0.39, 0.29) is 52.1 Å². The zero-order chi connectivity index (χ0) is 29.6. The summed E-state index contributed by atoms with van der Waals surface area (Å²) >= 11 is 11.9. The summed E-state index contributed by atoms with van der Waals surface area (Å²) in [5.41, 5.74) is 0.994. The molecule has 5 rings (SSSR count). The van der Waals surface area contributed by atoms with Gasteiger partial charge in [-0.1, -0.05) is 35.3 Å². The van der Waals surface area contributed by atoms with E-state index in [1.54, 1.807) is 30.3 Å². The van der Waals surface area contributed by atoms with Gasteiger partial charge in [0.1, 0.15) is 11.6 Å². The lowest BCUT2D eigenvalue weighted by Gasteiger charge is -2.35. The Labute approximate surface area is 265 Å². The number of nitrogens with one attached hydrogen (secondary N) is 2. The summed E-state index contributed by atoms with van der Waals surface area (Å²) in [5.74, 6) is -1.48. The average molecular weight is 649 g/mol. The van der Waals surface area contributed by atoms with Gasteiger partial charge in [-0.05, 0) is 48.7 Å². The van der Waals surface area contributed by atoms with E-state index in [4.69, 9.17) is 27.9 Å². The van der Waals surface area contributed by atoms with Crippen LogP contribution in [0.2, 0.25) is 10.0 Å². The quantitative estimate of drug-likeness (QED) is 0.292. The first-order chi connectivity index (χ1) is 20.3.